The summed E-state index contributed by atoms with van der Waals surface area (Å²) in [5, 5.41) is 3.44. The van der Waals surface area contributed by atoms with Crippen LogP contribution >= 0.6 is 0 Å². The molecular formula is C14H24N2. The van der Waals surface area contributed by atoms with Crippen LogP contribution in [0, 0.1) is 13.8 Å². The van der Waals surface area contributed by atoms with Crippen molar-refractivity contribution < 1.29 is 0 Å². The highest BCUT2D eigenvalue weighted by Crippen LogP contribution is 2.10. The SMILES string of the molecule is Cc1ccc(CNCCC(C)(C)N)c(C)c1. The first-order chi connectivity index (χ1) is 7.38. The number of nitrogens with two attached hydrogens (primary N) is 1. The Morgan fingerprint density at radius 3 is 2.50 bits per heavy atom. The molecule has 90 valence electrons. The molecule has 0 aliphatic heterocycles. The molecule has 3 N–H and O–H groups in total. The molecular weight excluding hydrogens is 196 g/mol. The van der Waals surface area contributed by atoms with Gasteiger partial charge in [-0.25, -0.2) is 0 Å². The van der Waals surface area contributed by atoms with E-state index in [0.717, 1.165) is 19.5 Å². The Morgan fingerprint density at radius 1 is 1.25 bits per heavy atom. The predicted molar refractivity (Wildman–Crippen MR) is 70.5 cm³/mol. The third-order valence-electron chi connectivity index (χ3n) is 2.76. The van der Waals surface area contributed by atoms with E-state index in [-0.39, 0.29) is 5.54 Å². The van der Waals surface area contributed by atoms with Gasteiger partial charge in [-0.15, -0.1) is 0 Å². The fourth-order valence-corrected chi connectivity index (χ4v) is 1.68. The molecule has 0 spiro atoms. The van der Waals surface area contributed by atoms with Crippen LogP contribution in [-0.4, -0.2) is 12.1 Å². The molecule has 2 nitrogen and oxygen atoms in total. The van der Waals surface area contributed by atoms with Gasteiger partial charge in [-0.2, -0.15) is 0 Å². The van der Waals surface area contributed by atoms with Gasteiger partial charge >= 0.3 is 0 Å². The molecule has 0 aliphatic rings. The number of rotatable bonds is 5. The summed E-state index contributed by atoms with van der Waals surface area (Å²) in [6.07, 6.45) is 0.998. The Morgan fingerprint density at radius 2 is 1.94 bits per heavy atom. The molecule has 1 aromatic carbocycles. The molecule has 0 atom stereocenters. The van der Waals surface area contributed by atoms with E-state index in [1.54, 1.807) is 0 Å². The van der Waals surface area contributed by atoms with Gasteiger partial charge in [0.05, 0.1) is 0 Å². The summed E-state index contributed by atoms with van der Waals surface area (Å²) in [5.74, 6) is 0. The van der Waals surface area contributed by atoms with E-state index in [1.807, 2.05) is 0 Å². The monoisotopic (exact) mass is 220 g/mol. The lowest BCUT2D eigenvalue weighted by molar-refractivity contribution is 0.455. The van der Waals surface area contributed by atoms with Crippen molar-refractivity contribution >= 4 is 0 Å². The van der Waals surface area contributed by atoms with Crippen molar-refractivity contribution in [2.75, 3.05) is 6.54 Å². The van der Waals surface area contributed by atoms with Crippen molar-refractivity contribution in [3.63, 3.8) is 0 Å². The summed E-state index contributed by atoms with van der Waals surface area (Å²) in [6.45, 7) is 10.3. The molecule has 16 heavy (non-hydrogen) atoms. The lowest BCUT2D eigenvalue weighted by Crippen LogP contribution is -2.35. The average molecular weight is 220 g/mol. The fraction of sp³-hybridized carbons (Fsp3) is 0.571. The molecule has 0 saturated heterocycles. The minimum absolute atomic E-state index is 0.0741. The maximum Gasteiger partial charge on any atom is 0.0208 e. The highest BCUT2D eigenvalue weighted by Gasteiger charge is 2.09. The molecule has 0 saturated carbocycles. The van der Waals surface area contributed by atoms with Gasteiger partial charge in [0.2, 0.25) is 0 Å². The van der Waals surface area contributed by atoms with Crippen LogP contribution in [0.1, 0.15) is 37.0 Å². The average Bonchev–Trinajstić information content (AvgIpc) is 2.13. The summed E-state index contributed by atoms with van der Waals surface area (Å²) in [7, 11) is 0. The molecule has 0 amide bonds. The second-order valence-electron chi connectivity index (χ2n) is 5.35. The largest absolute Gasteiger partial charge is 0.326 e. The standard InChI is InChI=1S/C14H24N2/c1-11-5-6-13(12(2)9-11)10-16-8-7-14(3,4)15/h5-6,9,16H,7-8,10,15H2,1-4H3. The number of hydrogen-bond donors (Lipinski definition) is 2. The van der Waals surface area contributed by atoms with Gasteiger partial charge < -0.3 is 11.1 Å². The maximum atomic E-state index is 5.92. The van der Waals surface area contributed by atoms with Crippen molar-refractivity contribution in [1.82, 2.24) is 5.32 Å². The van der Waals surface area contributed by atoms with Gasteiger partial charge in [0.25, 0.3) is 0 Å². The maximum absolute atomic E-state index is 5.92. The zero-order valence-corrected chi connectivity index (χ0v) is 10.9. The van der Waals surface area contributed by atoms with E-state index >= 15 is 0 Å². The van der Waals surface area contributed by atoms with Gasteiger partial charge in [-0.05, 0) is 51.8 Å². The highest BCUT2D eigenvalue weighted by molar-refractivity contribution is 5.30. The third kappa shape index (κ3) is 4.77. The third-order valence-corrected chi connectivity index (χ3v) is 2.76. The first kappa shape index (κ1) is 13.2. The molecule has 0 aliphatic carbocycles. The smallest absolute Gasteiger partial charge is 0.0208 e. The van der Waals surface area contributed by atoms with Crippen molar-refractivity contribution in [2.24, 2.45) is 5.73 Å². The molecule has 2 heteroatoms. The van der Waals surface area contributed by atoms with Crippen molar-refractivity contribution in [1.29, 1.82) is 0 Å². The van der Waals surface area contributed by atoms with Crippen LogP contribution in [-0.2, 0) is 6.54 Å². The summed E-state index contributed by atoms with van der Waals surface area (Å²) >= 11 is 0. The molecule has 0 bridgehead atoms. The van der Waals surface area contributed by atoms with E-state index < -0.39 is 0 Å². The Kier molecular flexibility index (Phi) is 4.51. The van der Waals surface area contributed by atoms with E-state index in [2.05, 4.69) is 51.2 Å². The van der Waals surface area contributed by atoms with Crippen LogP contribution in [0.4, 0.5) is 0 Å². The lowest BCUT2D eigenvalue weighted by atomic mass is 10.0. The Hall–Kier alpha value is -0.860. The van der Waals surface area contributed by atoms with Gasteiger partial charge in [-0.1, -0.05) is 23.8 Å². The quantitative estimate of drug-likeness (QED) is 0.748. The minimum atomic E-state index is -0.0741. The van der Waals surface area contributed by atoms with E-state index in [4.69, 9.17) is 5.73 Å². The van der Waals surface area contributed by atoms with E-state index in [9.17, 15) is 0 Å². The minimum Gasteiger partial charge on any atom is -0.326 e. The van der Waals surface area contributed by atoms with Crippen LogP contribution in [0.15, 0.2) is 18.2 Å². The van der Waals surface area contributed by atoms with Gasteiger partial charge in [0.1, 0.15) is 0 Å². The second kappa shape index (κ2) is 5.46. The normalized spacial score (nSPS) is 11.8. The van der Waals surface area contributed by atoms with Crippen LogP contribution in [0.2, 0.25) is 0 Å². The number of nitrogens with one attached hydrogen (secondary N) is 1. The van der Waals surface area contributed by atoms with Crippen molar-refractivity contribution in [3.8, 4) is 0 Å². The summed E-state index contributed by atoms with van der Waals surface area (Å²) < 4.78 is 0. The summed E-state index contributed by atoms with van der Waals surface area (Å²) in [4.78, 5) is 0. The Bertz CT molecular complexity index is 337. The Balaban J connectivity index is 2.38. The van der Waals surface area contributed by atoms with Crippen LogP contribution in [0.5, 0.6) is 0 Å². The first-order valence-corrected chi connectivity index (χ1v) is 5.94. The second-order valence-corrected chi connectivity index (χ2v) is 5.35. The van der Waals surface area contributed by atoms with Gasteiger partial charge in [0, 0.05) is 12.1 Å². The molecule has 0 unspecified atom stereocenters. The van der Waals surface area contributed by atoms with E-state index in [1.165, 1.54) is 16.7 Å². The lowest BCUT2D eigenvalue weighted by Gasteiger charge is -2.18. The molecule has 1 aromatic rings. The predicted octanol–water partition coefficient (Wildman–Crippen LogP) is 2.52. The zero-order valence-electron chi connectivity index (χ0n) is 10.9. The molecule has 1 rings (SSSR count). The van der Waals surface area contributed by atoms with Crippen molar-refractivity contribution in [3.05, 3.63) is 34.9 Å². The highest BCUT2D eigenvalue weighted by atomic mass is 14.9. The van der Waals surface area contributed by atoms with E-state index in [0.29, 0.717) is 0 Å². The number of aryl methyl sites for hydroxylation is 2. The molecule has 0 fully saturated rings. The van der Waals surface area contributed by atoms with Gasteiger partial charge in [-0.3, -0.25) is 0 Å². The molecule has 0 heterocycles. The first-order valence-electron chi connectivity index (χ1n) is 5.94. The van der Waals surface area contributed by atoms with Gasteiger partial charge in [0.15, 0.2) is 0 Å². The molecule has 0 radical (unpaired) electrons. The van der Waals surface area contributed by atoms with Crippen LogP contribution < -0.4 is 11.1 Å². The summed E-state index contributed by atoms with van der Waals surface area (Å²) in [6, 6.07) is 6.59. The Labute approximate surface area is 99.2 Å². The van der Waals surface area contributed by atoms with Crippen LogP contribution in [0.25, 0.3) is 0 Å². The summed E-state index contributed by atoms with van der Waals surface area (Å²) in [5.41, 5.74) is 9.91. The number of hydrogen-bond acceptors (Lipinski definition) is 2. The fourth-order valence-electron chi connectivity index (χ4n) is 1.68. The molecule has 0 aromatic heterocycles. The van der Waals surface area contributed by atoms with Crippen LogP contribution in [0.3, 0.4) is 0 Å². The topological polar surface area (TPSA) is 38.0 Å². The van der Waals surface area contributed by atoms with Crippen molar-refractivity contribution in [2.45, 2.75) is 46.2 Å². The number of benzene rings is 1. The zero-order chi connectivity index (χ0) is 12.2.